The molecular formula is C16H15BrFNO3S. The lowest BCUT2D eigenvalue weighted by Gasteiger charge is -2.07. The van der Waals surface area contributed by atoms with Crippen molar-refractivity contribution in [3.8, 4) is 0 Å². The molecule has 122 valence electrons. The lowest BCUT2D eigenvalue weighted by Crippen LogP contribution is -2.25. The summed E-state index contributed by atoms with van der Waals surface area (Å²) in [5.74, 6) is -0.972. The second kappa shape index (κ2) is 7.70. The van der Waals surface area contributed by atoms with Gasteiger partial charge >= 0.3 is 0 Å². The number of nitrogens with one attached hydrogen (secondary N) is 1. The Morgan fingerprint density at radius 3 is 2.26 bits per heavy atom. The first-order valence-corrected chi connectivity index (χ1v) is 9.31. The first kappa shape index (κ1) is 17.6. The molecule has 1 amide bonds. The van der Waals surface area contributed by atoms with E-state index in [0.29, 0.717) is 0 Å². The van der Waals surface area contributed by atoms with Crippen LogP contribution in [0, 0.1) is 5.82 Å². The van der Waals surface area contributed by atoms with Gasteiger partial charge in [0.05, 0.1) is 10.6 Å². The van der Waals surface area contributed by atoms with E-state index in [4.69, 9.17) is 0 Å². The third kappa shape index (κ3) is 5.44. The van der Waals surface area contributed by atoms with Crippen molar-refractivity contribution >= 4 is 31.7 Å². The molecule has 0 spiro atoms. The van der Waals surface area contributed by atoms with Crippen LogP contribution in [0.2, 0.25) is 0 Å². The summed E-state index contributed by atoms with van der Waals surface area (Å²) in [4.78, 5) is 11.9. The van der Waals surface area contributed by atoms with E-state index in [2.05, 4.69) is 21.2 Å². The number of hydrogen-bond donors (Lipinski definition) is 1. The van der Waals surface area contributed by atoms with E-state index in [-0.39, 0.29) is 35.3 Å². The molecule has 2 aromatic rings. The van der Waals surface area contributed by atoms with E-state index < -0.39 is 9.84 Å². The van der Waals surface area contributed by atoms with Gasteiger partial charge in [-0.05, 0) is 42.0 Å². The molecule has 0 aliphatic carbocycles. The van der Waals surface area contributed by atoms with Crippen molar-refractivity contribution in [2.24, 2.45) is 0 Å². The molecule has 0 fully saturated rings. The molecule has 1 N–H and O–H groups in total. The third-order valence-corrected chi connectivity index (χ3v) is 5.43. The van der Waals surface area contributed by atoms with Crippen molar-refractivity contribution in [2.45, 2.75) is 17.9 Å². The lowest BCUT2D eigenvalue weighted by atomic mass is 10.2. The standard InChI is InChI=1S/C16H15BrFNO3S/c17-13-3-7-15(8-4-13)23(21,22)10-9-16(20)19-11-12-1-5-14(18)6-2-12/h1-8H,9-11H2,(H,19,20). The molecular weight excluding hydrogens is 385 g/mol. The summed E-state index contributed by atoms with van der Waals surface area (Å²) in [6.07, 6.45) is -0.125. The van der Waals surface area contributed by atoms with Crippen molar-refractivity contribution in [2.75, 3.05) is 5.75 Å². The summed E-state index contributed by atoms with van der Waals surface area (Å²) in [7, 11) is -3.49. The number of amides is 1. The highest BCUT2D eigenvalue weighted by Crippen LogP contribution is 2.16. The maximum absolute atomic E-state index is 12.8. The molecule has 0 aromatic heterocycles. The summed E-state index contributed by atoms with van der Waals surface area (Å²) >= 11 is 3.24. The monoisotopic (exact) mass is 399 g/mol. The van der Waals surface area contributed by atoms with Crippen LogP contribution >= 0.6 is 15.9 Å². The fourth-order valence-electron chi connectivity index (χ4n) is 1.88. The topological polar surface area (TPSA) is 63.2 Å². The fourth-order valence-corrected chi connectivity index (χ4v) is 3.38. The number of sulfone groups is 1. The zero-order valence-electron chi connectivity index (χ0n) is 12.1. The summed E-state index contributed by atoms with van der Waals surface area (Å²) < 4.78 is 37.8. The van der Waals surface area contributed by atoms with Crippen molar-refractivity contribution in [3.05, 3.63) is 64.4 Å². The first-order chi connectivity index (χ1) is 10.9. The molecule has 0 saturated carbocycles. The molecule has 0 aliphatic heterocycles. The quantitative estimate of drug-likeness (QED) is 0.811. The van der Waals surface area contributed by atoms with Gasteiger partial charge in [-0.3, -0.25) is 4.79 Å². The minimum Gasteiger partial charge on any atom is -0.352 e. The maximum Gasteiger partial charge on any atom is 0.221 e. The second-order valence-corrected chi connectivity index (χ2v) is 7.95. The Morgan fingerprint density at radius 1 is 1.04 bits per heavy atom. The summed E-state index contributed by atoms with van der Waals surface area (Å²) in [6, 6.07) is 12.0. The van der Waals surface area contributed by atoms with Gasteiger partial charge in [-0.25, -0.2) is 12.8 Å². The average molecular weight is 400 g/mol. The number of carbonyl (C=O) groups is 1. The van der Waals surface area contributed by atoms with Gasteiger partial charge in [-0.2, -0.15) is 0 Å². The molecule has 0 unspecified atom stereocenters. The predicted octanol–water partition coefficient (Wildman–Crippen LogP) is 3.07. The molecule has 23 heavy (non-hydrogen) atoms. The van der Waals surface area contributed by atoms with Gasteiger partial charge in [0, 0.05) is 17.4 Å². The minimum atomic E-state index is -3.49. The molecule has 7 heteroatoms. The highest BCUT2D eigenvalue weighted by molar-refractivity contribution is 9.10. The molecule has 0 heterocycles. The van der Waals surface area contributed by atoms with Gasteiger partial charge in [-0.15, -0.1) is 0 Å². The largest absolute Gasteiger partial charge is 0.352 e. The van der Waals surface area contributed by atoms with Crippen LogP contribution in [0.15, 0.2) is 57.9 Å². The SMILES string of the molecule is O=C(CCS(=O)(=O)c1ccc(Br)cc1)NCc1ccc(F)cc1. The molecule has 0 bridgehead atoms. The van der Waals surface area contributed by atoms with Gasteiger partial charge < -0.3 is 5.32 Å². The van der Waals surface area contributed by atoms with E-state index in [1.165, 1.54) is 24.3 Å². The fraction of sp³-hybridized carbons (Fsp3) is 0.188. The third-order valence-electron chi connectivity index (χ3n) is 3.17. The van der Waals surface area contributed by atoms with Crippen LogP contribution in [-0.2, 0) is 21.2 Å². The molecule has 0 aliphatic rings. The van der Waals surface area contributed by atoms with E-state index in [9.17, 15) is 17.6 Å². The van der Waals surface area contributed by atoms with Crippen LogP contribution < -0.4 is 5.32 Å². The van der Waals surface area contributed by atoms with Crippen LogP contribution in [0.25, 0.3) is 0 Å². The Hall–Kier alpha value is -1.73. The molecule has 0 saturated heterocycles. The van der Waals surface area contributed by atoms with E-state index >= 15 is 0 Å². The number of benzene rings is 2. The Kier molecular flexibility index (Phi) is 5.90. The zero-order chi connectivity index (χ0) is 16.9. The molecule has 2 rings (SSSR count). The van der Waals surface area contributed by atoms with Gasteiger partial charge in [-0.1, -0.05) is 28.1 Å². The van der Waals surface area contributed by atoms with Crippen molar-refractivity contribution < 1.29 is 17.6 Å². The number of halogens is 2. The Morgan fingerprint density at radius 2 is 1.65 bits per heavy atom. The number of carbonyl (C=O) groups excluding carboxylic acids is 1. The highest BCUT2D eigenvalue weighted by atomic mass is 79.9. The van der Waals surface area contributed by atoms with Crippen LogP contribution in [0.3, 0.4) is 0 Å². The molecule has 0 atom stereocenters. The van der Waals surface area contributed by atoms with Crippen molar-refractivity contribution in [1.29, 1.82) is 0 Å². The van der Waals surface area contributed by atoms with Gasteiger partial charge in [0.25, 0.3) is 0 Å². The number of rotatable bonds is 6. The number of hydrogen-bond acceptors (Lipinski definition) is 3. The highest BCUT2D eigenvalue weighted by Gasteiger charge is 2.16. The van der Waals surface area contributed by atoms with Crippen molar-refractivity contribution in [1.82, 2.24) is 5.32 Å². The van der Waals surface area contributed by atoms with Gasteiger partial charge in [0.15, 0.2) is 9.84 Å². The summed E-state index contributed by atoms with van der Waals surface area (Å²) in [5, 5.41) is 2.62. The minimum absolute atomic E-state index is 0.125. The average Bonchev–Trinajstić information content (AvgIpc) is 2.53. The van der Waals surface area contributed by atoms with Crippen LogP contribution in [0.1, 0.15) is 12.0 Å². The molecule has 2 aromatic carbocycles. The van der Waals surface area contributed by atoms with E-state index in [1.54, 1.807) is 24.3 Å². The van der Waals surface area contributed by atoms with Crippen LogP contribution in [0.4, 0.5) is 4.39 Å². The van der Waals surface area contributed by atoms with Crippen LogP contribution in [0.5, 0.6) is 0 Å². The van der Waals surface area contributed by atoms with Gasteiger partial charge in [0.1, 0.15) is 5.82 Å². The summed E-state index contributed by atoms with van der Waals surface area (Å²) in [6.45, 7) is 0.234. The maximum atomic E-state index is 12.8. The van der Waals surface area contributed by atoms with Gasteiger partial charge in [0.2, 0.25) is 5.91 Å². The van der Waals surface area contributed by atoms with Crippen molar-refractivity contribution in [3.63, 3.8) is 0 Å². The molecule has 0 radical (unpaired) electrons. The van der Waals surface area contributed by atoms with E-state index in [1.807, 2.05) is 0 Å². The Bertz CT molecular complexity index is 774. The second-order valence-electron chi connectivity index (χ2n) is 4.93. The lowest BCUT2D eigenvalue weighted by molar-refractivity contribution is -0.120. The Balaban J connectivity index is 1.86. The predicted molar refractivity (Wildman–Crippen MR) is 89.1 cm³/mol. The smallest absolute Gasteiger partial charge is 0.221 e. The normalized spacial score (nSPS) is 11.2. The summed E-state index contributed by atoms with van der Waals surface area (Å²) in [5.41, 5.74) is 0.746. The Labute approximate surface area is 142 Å². The van der Waals surface area contributed by atoms with Crippen LogP contribution in [-0.4, -0.2) is 20.1 Å². The zero-order valence-corrected chi connectivity index (χ0v) is 14.5. The first-order valence-electron chi connectivity index (χ1n) is 6.86. The molecule has 4 nitrogen and oxygen atoms in total. The van der Waals surface area contributed by atoms with E-state index in [0.717, 1.165) is 10.0 Å².